The Hall–Kier alpha value is -0.720. The Bertz CT molecular complexity index is 464. The van der Waals surface area contributed by atoms with Gasteiger partial charge in [-0.2, -0.15) is 13.2 Å². The van der Waals surface area contributed by atoms with Crippen molar-refractivity contribution in [1.29, 1.82) is 0 Å². The first-order valence-electron chi connectivity index (χ1n) is 7.07. The molecule has 1 N–H and O–H groups in total. The Morgan fingerprint density at radius 3 is 2.81 bits per heavy atom. The van der Waals surface area contributed by atoms with Gasteiger partial charge in [0.25, 0.3) is 0 Å². The van der Waals surface area contributed by atoms with Crippen molar-refractivity contribution in [3.63, 3.8) is 0 Å². The number of benzene rings is 1. The lowest BCUT2D eigenvalue weighted by Crippen LogP contribution is -2.26. The molecule has 1 aliphatic rings. The second-order valence-electron chi connectivity index (χ2n) is 5.46. The van der Waals surface area contributed by atoms with Crippen LogP contribution in [0.3, 0.4) is 0 Å². The molecule has 0 saturated carbocycles. The normalized spacial score (nSPS) is 21.7. The third-order valence-electron chi connectivity index (χ3n) is 3.83. The van der Waals surface area contributed by atoms with Crippen molar-refractivity contribution in [2.75, 3.05) is 25.4 Å². The molecule has 0 bridgehead atoms. The van der Waals surface area contributed by atoms with E-state index in [1.807, 2.05) is 6.92 Å². The number of alkyl halides is 3. The van der Waals surface area contributed by atoms with Gasteiger partial charge in [-0.15, -0.1) is 11.8 Å². The molecule has 2 atom stereocenters. The monoisotopic (exact) mass is 319 g/mol. The summed E-state index contributed by atoms with van der Waals surface area (Å²) in [5.74, 6) is 1.08. The molecule has 0 aromatic heterocycles. The number of rotatable bonds is 5. The van der Waals surface area contributed by atoms with Crippen LogP contribution in [0.5, 0.6) is 0 Å². The minimum absolute atomic E-state index is 0.286. The fraction of sp³-hybridized carbons (Fsp3) is 0.600. The molecule has 1 fully saturated rings. The van der Waals surface area contributed by atoms with E-state index in [-0.39, 0.29) is 6.10 Å². The second-order valence-corrected chi connectivity index (χ2v) is 6.63. The fourth-order valence-electron chi connectivity index (χ4n) is 2.51. The highest BCUT2D eigenvalue weighted by atomic mass is 32.2. The Morgan fingerprint density at radius 2 is 2.19 bits per heavy atom. The highest BCUT2D eigenvalue weighted by Crippen LogP contribution is 2.32. The van der Waals surface area contributed by atoms with E-state index >= 15 is 0 Å². The molecule has 0 radical (unpaired) electrons. The maximum absolute atomic E-state index is 12.6. The zero-order valence-electron chi connectivity index (χ0n) is 11.9. The van der Waals surface area contributed by atoms with Crippen LogP contribution < -0.4 is 0 Å². The molecule has 2 rings (SSSR count). The van der Waals surface area contributed by atoms with Gasteiger partial charge >= 0.3 is 6.18 Å². The number of aliphatic hydroxyl groups excluding tert-OH is 1. The van der Waals surface area contributed by atoms with Gasteiger partial charge in [-0.25, -0.2) is 0 Å². The maximum atomic E-state index is 12.6. The van der Waals surface area contributed by atoms with E-state index in [9.17, 15) is 18.3 Å². The molecule has 6 heteroatoms. The van der Waals surface area contributed by atoms with Crippen molar-refractivity contribution < 1.29 is 18.3 Å². The standard InChI is InChI=1S/C15H20F3NOS/c1-11(20)12-5-6-19(10-12)7-8-21-14-4-2-3-13(9-14)15(16,17)18/h2-4,9,11-12,20H,5-8,10H2,1H3. The van der Waals surface area contributed by atoms with Crippen molar-refractivity contribution in [3.05, 3.63) is 29.8 Å². The van der Waals surface area contributed by atoms with E-state index in [4.69, 9.17) is 0 Å². The SMILES string of the molecule is CC(O)C1CCN(CCSc2cccc(C(F)(F)F)c2)C1. The molecule has 2 unspecified atom stereocenters. The summed E-state index contributed by atoms with van der Waals surface area (Å²) in [5, 5.41) is 9.54. The average molecular weight is 319 g/mol. The number of likely N-dealkylation sites (tertiary alicyclic amines) is 1. The van der Waals surface area contributed by atoms with E-state index < -0.39 is 11.7 Å². The van der Waals surface area contributed by atoms with Gasteiger partial charge in [0.2, 0.25) is 0 Å². The number of hydrogen-bond acceptors (Lipinski definition) is 3. The highest BCUT2D eigenvalue weighted by molar-refractivity contribution is 7.99. The van der Waals surface area contributed by atoms with Crippen LogP contribution in [0.15, 0.2) is 29.2 Å². The van der Waals surface area contributed by atoms with Crippen LogP contribution in [-0.2, 0) is 6.18 Å². The van der Waals surface area contributed by atoms with Gasteiger partial charge in [0.15, 0.2) is 0 Å². The minimum atomic E-state index is -4.28. The summed E-state index contributed by atoms with van der Waals surface area (Å²) in [4.78, 5) is 2.91. The van der Waals surface area contributed by atoms with Crippen LogP contribution in [0.2, 0.25) is 0 Å². The highest BCUT2D eigenvalue weighted by Gasteiger charge is 2.30. The van der Waals surface area contributed by atoms with Gasteiger partial charge in [-0.05, 0) is 44.0 Å². The Kier molecular flexibility index (Phi) is 5.57. The van der Waals surface area contributed by atoms with Crippen LogP contribution in [0.4, 0.5) is 13.2 Å². The van der Waals surface area contributed by atoms with Crippen LogP contribution >= 0.6 is 11.8 Å². The van der Waals surface area contributed by atoms with Crippen LogP contribution in [0.1, 0.15) is 18.9 Å². The summed E-state index contributed by atoms with van der Waals surface area (Å²) in [6, 6.07) is 5.46. The van der Waals surface area contributed by atoms with E-state index in [1.54, 1.807) is 6.07 Å². The third kappa shape index (κ3) is 4.90. The van der Waals surface area contributed by atoms with Gasteiger partial charge in [0, 0.05) is 23.7 Å². The van der Waals surface area contributed by atoms with Crippen LogP contribution in [0, 0.1) is 5.92 Å². The first-order valence-corrected chi connectivity index (χ1v) is 8.05. The number of nitrogens with zero attached hydrogens (tertiary/aromatic N) is 1. The number of hydrogen-bond donors (Lipinski definition) is 1. The smallest absolute Gasteiger partial charge is 0.393 e. The summed E-state index contributed by atoms with van der Waals surface area (Å²) in [6.45, 7) is 4.48. The van der Waals surface area contributed by atoms with Crippen molar-refractivity contribution >= 4 is 11.8 Å². The van der Waals surface area contributed by atoms with Crippen molar-refractivity contribution in [1.82, 2.24) is 4.90 Å². The summed E-state index contributed by atoms with van der Waals surface area (Å²) in [7, 11) is 0. The number of aliphatic hydroxyl groups is 1. The number of thioether (sulfide) groups is 1. The lowest BCUT2D eigenvalue weighted by molar-refractivity contribution is -0.137. The van der Waals surface area contributed by atoms with E-state index in [0.717, 1.165) is 37.9 Å². The Labute approximate surface area is 127 Å². The lowest BCUT2D eigenvalue weighted by Gasteiger charge is -2.17. The second kappa shape index (κ2) is 7.03. The largest absolute Gasteiger partial charge is 0.416 e. The molecule has 1 aromatic rings. The maximum Gasteiger partial charge on any atom is 0.416 e. The van der Waals surface area contributed by atoms with E-state index in [1.165, 1.54) is 23.9 Å². The zero-order chi connectivity index (χ0) is 15.5. The summed E-state index contributed by atoms with van der Waals surface area (Å²) in [5.41, 5.74) is -0.595. The summed E-state index contributed by atoms with van der Waals surface area (Å²) in [6.07, 6.45) is -3.58. The quantitative estimate of drug-likeness (QED) is 0.840. The van der Waals surface area contributed by atoms with Gasteiger partial charge in [-0.3, -0.25) is 0 Å². The average Bonchev–Trinajstić information content (AvgIpc) is 2.87. The molecule has 21 heavy (non-hydrogen) atoms. The first kappa shape index (κ1) is 16.6. The first-order chi connectivity index (χ1) is 9.86. The van der Waals surface area contributed by atoms with Gasteiger partial charge in [0.1, 0.15) is 0 Å². The lowest BCUT2D eigenvalue weighted by atomic mass is 10.0. The molecule has 2 nitrogen and oxygen atoms in total. The van der Waals surface area contributed by atoms with Crippen molar-refractivity contribution in [2.24, 2.45) is 5.92 Å². The molecule has 118 valence electrons. The number of halogens is 3. The Balaban J connectivity index is 1.79. The van der Waals surface area contributed by atoms with Crippen molar-refractivity contribution in [3.8, 4) is 0 Å². The molecule has 1 saturated heterocycles. The van der Waals surface area contributed by atoms with Gasteiger partial charge in [-0.1, -0.05) is 6.07 Å². The Morgan fingerprint density at radius 1 is 1.43 bits per heavy atom. The van der Waals surface area contributed by atoms with E-state index in [0.29, 0.717) is 10.8 Å². The fourth-order valence-corrected chi connectivity index (χ4v) is 3.48. The molecule has 0 spiro atoms. The predicted octanol–water partition coefficient (Wildman–Crippen LogP) is 3.50. The molecule has 1 aliphatic heterocycles. The predicted molar refractivity (Wildman–Crippen MR) is 78.4 cm³/mol. The van der Waals surface area contributed by atoms with Gasteiger partial charge < -0.3 is 10.0 Å². The molecular formula is C15H20F3NOS. The summed E-state index contributed by atoms with van der Waals surface area (Å²) < 4.78 is 37.8. The minimum Gasteiger partial charge on any atom is -0.393 e. The molecular weight excluding hydrogens is 299 g/mol. The van der Waals surface area contributed by atoms with Crippen LogP contribution in [-0.4, -0.2) is 41.5 Å². The molecule has 1 aromatic carbocycles. The van der Waals surface area contributed by atoms with E-state index in [2.05, 4.69) is 4.90 Å². The zero-order valence-corrected chi connectivity index (χ0v) is 12.8. The molecule has 0 aliphatic carbocycles. The van der Waals surface area contributed by atoms with Gasteiger partial charge in [0.05, 0.1) is 11.7 Å². The van der Waals surface area contributed by atoms with Crippen molar-refractivity contribution in [2.45, 2.75) is 30.5 Å². The third-order valence-corrected chi connectivity index (χ3v) is 4.80. The topological polar surface area (TPSA) is 23.5 Å². The van der Waals surface area contributed by atoms with Crippen LogP contribution in [0.25, 0.3) is 0 Å². The molecule has 0 amide bonds. The molecule has 1 heterocycles. The summed E-state index contributed by atoms with van der Waals surface area (Å²) >= 11 is 1.44.